The Morgan fingerprint density at radius 3 is 2.76 bits per heavy atom. The molecule has 0 spiro atoms. The fraction of sp³-hybridized carbons (Fsp3) is 0.588. The fourth-order valence-corrected chi connectivity index (χ4v) is 2.66. The second-order valence-electron chi connectivity index (χ2n) is 6.11. The van der Waals surface area contributed by atoms with E-state index in [2.05, 4.69) is 11.4 Å². The van der Waals surface area contributed by atoms with E-state index in [0.717, 1.165) is 12.8 Å². The molecule has 0 saturated carbocycles. The van der Waals surface area contributed by atoms with E-state index < -0.39 is 5.60 Å². The second-order valence-corrected chi connectivity index (χ2v) is 6.11. The van der Waals surface area contributed by atoms with Crippen LogP contribution in [0.25, 0.3) is 0 Å². The molecule has 0 aliphatic heterocycles. The van der Waals surface area contributed by atoms with Crippen molar-refractivity contribution in [2.75, 3.05) is 20.3 Å². The number of carbonyl (C=O) groups is 1. The van der Waals surface area contributed by atoms with Crippen molar-refractivity contribution in [2.45, 2.75) is 44.6 Å². The quantitative estimate of drug-likeness (QED) is 0.843. The standard InChI is InChI=1S/C17H25NO3/c1-17(20,9-10-21-2)12-18-16(19)15-8-7-13-5-3-4-6-14(13)11-15/h7-8,11,20H,3-6,9-10,12H2,1-2H3,(H,18,19). The summed E-state index contributed by atoms with van der Waals surface area (Å²) < 4.78 is 4.96. The van der Waals surface area contributed by atoms with Crippen molar-refractivity contribution in [1.29, 1.82) is 0 Å². The Morgan fingerprint density at radius 1 is 1.33 bits per heavy atom. The van der Waals surface area contributed by atoms with Gasteiger partial charge in [0.2, 0.25) is 0 Å². The number of aryl methyl sites for hydroxylation is 2. The van der Waals surface area contributed by atoms with Gasteiger partial charge in [0.25, 0.3) is 5.91 Å². The minimum absolute atomic E-state index is 0.124. The van der Waals surface area contributed by atoms with Crippen LogP contribution in [0.4, 0.5) is 0 Å². The predicted molar refractivity (Wildman–Crippen MR) is 82.5 cm³/mol. The van der Waals surface area contributed by atoms with Gasteiger partial charge in [0.1, 0.15) is 0 Å². The monoisotopic (exact) mass is 291 g/mol. The molecule has 1 aliphatic rings. The smallest absolute Gasteiger partial charge is 0.251 e. The molecule has 2 N–H and O–H groups in total. The molecule has 0 bridgehead atoms. The molecule has 1 aliphatic carbocycles. The van der Waals surface area contributed by atoms with Gasteiger partial charge in [0.05, 0.1) is 5.60 Å². The summed E-state index contributed by atoms with van der Waals surface area (Å²) in [7, 11) is 1.60. The van der Waals surface area contributed by atoms with Crippen molar-refractivity contribution < 1.29 is 14.6 Å². The lowest BCUT2D eigenvalue weighted by atomic mass is 9.90. The van der Waals surface area contributed by atoms with Crippen LogP contribution < -0.4 is 5.32 Å². The maximum atomic E-state index is 12.2. The largest absolute Gasteiger partial charge is 0.388 e. The van der Waals surface area contributed by atoms with E-state index in [-0.39, 0.29) is 12.5 Å². The number of carbonyl (C=O) groups excluding carboxylic acids is 1. The van der Waals surface area contributed by atoms with Gasteiger partial charge in [-0.3, -0.25) is 4.79 Å². The third kappa shape index (κ3) is 4.55. The molecule has 1 atom stereocenters. The summed E-state index contributed by atoms with van der Waals surface area (Å²) in [5.74, 6) is -0.124. The van der Waals surface area contributed by atoms with Crippen molar-refractivity contribution in [3.63, 3.8) is 0 Å². The Bertz CT molecular complexity index is 497. The molecule has 21 heavy (non-hydrogen) atoms. The lowest BCUT2D eigenvalue weighted by Gasteiger charge is -2.23. The maximum Gasteiger partial charge on any atom is 0.251 e. The molecule has 4 nitrogen and oxygen atoms in total. The number of nitrogens with one attached hydrogen (secondary N) is 1. The zero-order valence-electron chi connectivity index (χ0n) is 12.9. The number of rotatable bonds is 6. The normalized spacial score (nSPS) is 16.9. The van der Waals surface area contributed by atoms with E-state index in [9.17, 15) is 9.90 Å². The van der Waals surface area contributed by atoms with E-state index in [4.69, 9.17) is 4.74 Å². The van der Waals surface area contributed by atoms with Crippen molar-refractivity contribution >= 4 is 5.91 Å². The Balaban J connectivity index is 1.94. The van der Waals surface area contributed by atoms with Crippen LogP contribution in [0.1, 0.15) is 47.7 Å². The molecule has 116 valence electrons. The van der Waals surface area contributed by atoms with Crippen molar-refractivity contribution in [3.8, 4) is 0 Å². The number of amides is 1. The van der Waals surface area contributed by atoms with Crippen LogP contribution in [-0.2, 0) is 17.6 Å². The topological polar surface area (TPSA) is 58.6 Å². The van der Waals surface area contributed by atoms with Gasteiger partial charge in [-0.15, -0.1) is 0 Å². The molecule has 0 heterocycles. The number of aliphatic hydroxyl groups is 1. The van der Waals surface area contributed by atoms with Crippen LogP contribution in [0.5, 0.6) is 0 Å². The van der Waals surface area contributed by atoms with Crippen LogP contribution in [0.2, 0.25) is 0 Å². The average Bonchev–Trinajstić information content (AvgIpc) is 2.50. The highest BCUT2D eigenvalue weighted by Gasteiger charge is 2.21. The van der Waals surface area contributed by atoms with E-state index in [1.54, 1.807) is 14.0 Å². The summed E-state index contributed by atoms with van der Waals surface area (Å²) in [5, 5.41) is 12.9. The summed E-state index contributed by atoms with van der Waals surface area (Å²) in [5.41, 5.74) is 2.39. The zero-order chi connectivity index (χ0) is 15.3. The number of methoxy groups -OCH3 is 1. The third-order valence-electron chi connectivity index (χ3n) is 4.09. The summed E-state index contributed by atoms with van der Waals surface area (Å²) in [6.07, 6.45) is 5.10. The molecule has 0 radical (unpaired) electrons. The highest BCUT2D eigenvalue weighted by atomic mass is 16.5. The van der Waals surface area contributed by atoms with Gasteiger partial charge in [0, 0.05) is 32.2 Å². The average molecular weight is 291 g/mol. The molecule has 1 unspecified atom stereocenters. The highest BCUT2D eigenvalue weighted by molar-refractivity contribution is 5.94. The first-order valence-electron chi connectivity index (χ1n) is 7.63. The lowest BCUT2D eigenvalue weighted by molar-refractivity contribution is 0.0243. The Labute approximate surface area is 126 Å². The van der Waals surface area contributed by atoms with Gasteiger partial charge < -0.3 is 15.2 Å². The van der Waals surface area contributed by atoms with Crippen molar-refractivity contribution in [1.82, 2.24) is 5.32 Å². The van der Waals surface area contributed by atoms with Gasteiger partial charge in [-0.2, -0.15) is 0 Å². The van der Waals surface area contributed by atoms with Crippen molar-refractivity contribution in [3.05, 3.63) is 34.9 Å². The third-order valence-corrected chi connectivity index (χ3v) is 4.09. The van der Waals surface area contributed by atoms with E-state index >= 15 is 0 Å². The summed E-state index contributed by atoms with van der Waals surface area (Å²) in [6, 6.07) is 5.93. The molecule has 0 aromatic heterocycles. The van der Waals surface area contributed by atoms with Crippen LogP contribution in [0.15, 0.2) is 18.2 Å². The van der Waals surface area contributed by atoms with Crippen LogP contribution in [0, 0.1) is 0 Å². The number of hydrogen-bond acceptors (Lipinski definition) is 3. The minimum atomic E-state index is -0.945. The van der Waals surface area contributed by atoms with Gasteiger partial charge in [-0.1, -0.05) is 6.07 Å². The van der Waals surface area contributed by atoms with E-state index in [0.29, 0.717) is 18.6 Å². The number of ether oxygens (including phenoxy) is 1. The Morgan fingerprint density at radius 2 is 2.05 bits per heavy atom. The molecule has 1 amide bonds. The van der Waals surface area contributed by atoms with Gasteiger partial charge in [0.15, 0.2) is 0 Å². The number of hydrogen-bond donors (Lipinski definition) is 2. The van der Waals surface area contributed by atoms with Gasteiger partial charge in [-0.05, 0) is 55.9 Å². The molecule has 0 fully saturated rings. The molecule has 1 aromatic carbocycles. The summed E-state index contributed by atoms with van der Waals surface area (Å²) in [6.45, 7) is 2.41. The first kappa shape index (κ1) is 16.0. The molecule has 1 aromatic rings. The molecule has 0 saturated heterocycles. The van der Waals surface area contributed by atoms with Crippen LogP contribution in [0.3, 0.4) is 0 Å². The Kier molecular flexibility index (Phi) is 5.37. The number of fused-ring (bicyclic) bond motifs is 1. The first-order valence-corrected chi connectivity index (χ1v) is 7.63. The maximum absolute atomic E-state index is 12.2. The summed E-state index contributed by atoms with van der Waals surface area (Å²) >= 11 is 0. The SMILES string of the molecule is COCCC(C)(O)CNC(=O)c1ccc2c(c1)CCCC2. The van der Waals surface area contributed by atoms with Crippen LogP contribution in [-0.4, -0.2) is 36.9 Å². The Hall–Kier alpha value is -1.39. The van der Waals surface area contributed by atoms with E-state index in [1.807, 2.05) is 12.1 Å². The van der Waals surface area contributed by atoms with Crippen molar-refractivity contribution in [2.24, 2.45) is 0 Å². The summed E-state index contributed by atoms with van der Waals surface area (Å²) in [4.78, 5) is 12.2. The molecule has 4 heteroatoms. The van der Waals surface area contributed by atoms with Gasteiger partial charge in [-0.25, -0.2) is 0 Å². The number of benzene rings is 1. The van der Waals surface area contributed by atoms with E-state index in [1.165, 1.54) is 24.0 Å². The lowest BCUT2D eigenvalue weighted by Crippen LogP contribution is -2.41. The highest BCUT2D eigenvalue weighted by Crippen LogP contribution is 2.22. The van der Waals surface area contributed by atoms with Crippen LogP contribution >= 0.6 is 0 Å². The minimum Gasteiger partial charge on any atom is -0.388 e. The van der Waals surface area contributed by atoms with Gasteiger partial charge >= 0.3 is 0 Å². The zero-order valence-corrected chi connectivity index (χ0v) is 12.9. The second kappa shape index (κ2) is 7.05. The molecular weight excluding hydrogens is 266 g/mol. The molecule has 2 rings (SSSR count). The predicted octanol–water partition coefficient (Wildman–Crippen LogP) is 2.08. The molecular formula is C17H25NO3. The first-order chi connectivity index (χ1) is 10.0. The fourth-order valence-electron chi connectivity index (χ4n) is 2.66.